The lowest BCUT2D eigenvalue weighted by Gasteiger charge is -2.43. The zero-order chi connectivity index (χ0) is 15.6. The molecule has 0 aromatic heterocycles. The van der Waals surface area contributed by atoms with Gasteiger partial charge in [-0.15, -0.1) is 0 Å². The van der Waals surface area contributed by atoms with E-state index in [4.69, 9.17) is 0 Å². The molecule has 1 fully saturated rings. The van der Waals surface area contributed by atoms with Crippen LogP contribution in [0, 0.1) is 10.1 Å². The highest BCUT2D eigenvalue weighted by Crippen LogP contribution is 2.26. The predicted molar refractivity (Wildman–Crippen MR) is 72.3 cm³/mol. The van der Waals surface area contributed by atoms with Crippen LogP contribution in [0.25, 0.3) is 0 Å². The Morgan fingerprint density at radius 2 is 2.24 bits per heavy atom. The molecule has 1 heterocycles. The van der Waals surface area contributed by atoms with Crippen LogP contribution in [-0.2, 0) is 4.79 Å². The number of hydrogen-bond acceptors (Lipinski definition) is 4. The second-order valence-corrected chi connectivity index (χ2v) is 4.90. The summed E-state index contributed by atoms with van der Waals surface area (Å²) in [6, 6.07) is 3.89. The number of hydrogen-bond donors (Lipinski definition) is 1. The fraction of sp³-hybridized carbons (Fsp3) is 0.462. The lowest BCUT2D eigenvalue weighted by atomic mass is 10.0. The zero-order valence-electron chi connectivity index (χ0n) is 11.3. The first kappa shape index (κ1) is 15.3. The third-order valence-electron chi connectivity index (χ3n) is 3.60. The van der Waals surface area contributed by atoms with Gasteiger partial charge in [0.15, 0.2) is 0 Å². The Balaban J connectivity index is 2.01. The number of carbonyl (C=O) groups is 1. The number of nitrogens with one attached hydrogen (secondary N) is 1. The molecule has 2 unspecified atom stereocenters. The molecule has 1 amide bonds. The van der Waals surface area contributed by atoms with Gasteiger partial charge in [0.05, 0.1) is 17.0 Å². The molecule has 0 saturated carbocycles. The molecule has 1 aliphatic rings. The number of nitro benzene ring substituents is 1. The van der Waals surface area contributed by atoms with E-state index in [1.807, 2.05) is 0 Å². The van der Waals surface area contributed by atoms with Crippen molar-refractivity contribution in [1.82, 2.24) is 4.90 Å². The molecule has 2 rings (SSSR count). The number of alkyl halides is 2. The highest BCUT2D eigenvalue weighted by molar-refractivity contribution is 5.94. The molecule has 1 aromatic rings. The fourth-order valence-electron chi connectivity index (χ4n) is 2.27. The average molecular weight is 299 g/mol. The van der Waals surface area contributed by atoms with Gasteiger partial charge in [-0.1, -0.05) is 6.07 Å². The van der Waals surface area contributed by atoms with Gasteiger partial charge in [0.25, 0.3) is 12.1 Å². The summed E-state index contributed by atoms with van der Waals surface area (Å²) in [6.45, 7) is 1.99. The van der Waals surface area contributed by atoms with Crippen molar-refractivity contribution in [3.63, 3.8) is 0 Å². The molecule has 0 radical (unpaired) electrons. The molecule has 0 spiro atoms. The molecule has 114 valence electrons. The molecular formula is C13H15F2N3O3. The number of nitrogens with zero attached hydrogens (tertiary/aromatic N) is 2. The minimum absolute atomic E-state index is 0.144. The van der Waals surface area contributed by atoms with Crippen LogP contribution in [0.2, 0.25) is 0 Å². The lowest BCUT2D eigenvalue weighted by molar-refractivity contribution is -0.384. The molecule has 0 aliphatic carbocycles. The topological polar surface area (TPSA) is 75.5 Å². The highest BCUT2D eigenvalue weighted by atomic mass is 19.3. The summed E-state index contributed by atoms with van der Waals surface area (Å²) in [5.41, 5.74) is 0.130. The van der Waals surface area contributed by atoms with Gasteiger partial charge in [-0.3, -0.25) is 19.8 Å². The maximum atomic E-state index is 12.7. The quantitative estimate of drug-likeness (QED) is 0.668. The second-order valence-electron chi connectivity index (χ2n) is 4.90. The van der Waals surface area contributed by atoms with E-state index >= 15 is 0 Å². The van der Waals surface area contributed by atoms with Crippen molar-refractivity contribution >= 4 is 17.3 Å². The number of halogens is 2. The number of benzene rings is 1. The van der Waals surface area contributed by atoms with Gasteiger partial charge in [-0.25, -0.2) is 8.78 Å². The summed E-state index contributed by atoms with van der Waals surface area (Å²) in [5.74, 6) is -0.458. The smallest absolute Gasteiger partial charge is 0.271 e. The van der Waals surface area contributed by atoms with Crippen molar-refractivity contribution in [3.05, 3.63) is 34.4 Å². The van der Waals surface area contributed by atoms with E-state index in [0.29, 0.717) is 13.0 Å². The van der Waals surface area contributed by atoms with Crippen LogP contribution in [0.5, 0.6) is 0 Å². The minimum Gasteiger partial charge on any atom is -0.324 e. The van der Waals surface area contributed by atoms with Gasteiger partial charge in [0, 0.05) is 24.4 Å². The Hall–Kier alpha value is -2.09. The molecule has 2 atom stereocenters. The number of amides is 1. The van der Waals surface area contributed by atoms with Crippen molar-refractivity contribution in [2.45, 2.75) is 31.9 Å². The fourth-order valence-corrected chi connectivity index (χ4v) is 2.27. The maximum absolute atomic E-state index is 12.7. The molecule has 1 aliphatic heterocycles. The molecule has 8 heteroatoms. The van der Waals surface area contributed by atoms with Gasteiger partial charge in [-0.05, 0) is 19.4 Å². The first-order valence-electron chi connectivity index (χ1n) is 6.49. The van der Waals surface area contributed by atoms with Crippen molar-refractivity contribution < 1.29 is 18.5 Å². The minimum atomic E-state index is -2.48. The summed E-state index contributed by atoms with van der Waals surface area (Å²) in [7, 11) is 0. The third kappa shape index (κ3) is 3.33. The standard InChI is InChI=1S/C13H15F2N3O3/c1-8(17-6-5-11(17)12(14)15)13(19)16-9-3-2-4-10(7-9)18(20)21/h2-4,7-8,11-12H,5-6H2,1H3,(H,16,19). The van der Waals surface area contributed by atoms with E-state index in [0.717, 1.165) is 0 Å². The first-order valence-corrected chi connectivity index (χ1v) is 6.49. The largest absolute Gasteiger partial charge is 0.324 e. The van der Waals surface area contributed by atoms with E-state index in [-0.39, 0.29) is 11.4 Å². The van der Waals surface area contributed by atoms with Gasteiger partial charge in [0.2, 0.25) is 5.91 Å². The first-order chi connectivity index (χ1) is 9.90. The summed E-state index contributed by atoms with van der Waals surface area (Å²) < 4.78 is 25.3. The molecule has 1 aromatic carbocycles. The van der Waals surface area contributed by atoms with Crippen LogP contribution in [-0.4, -0.2) is 40.8 Å². The molecule has 0 bridgehead atoms. The van der Waals surface area contributed by atoms with Gasteiger partial charge >= 0.3 is 0 Å². The average Bonchev–Trinajstić information content (AvgIpc) is 2.36. The number of anilines is 1. The van der Waals surface area contributed by atoms with Crippen LogP contribution in [0.1, 0.15) is 13.3 Å². The molecule has 21 heavy (non-hydrogen) atoms. The number of likely N-dealkylation sites (tertiary alicyclic amines) is 1. The van der Waals surface area contributed by atoms with Gasteiger partial charge in [0.1, 0.15) is 0 Å². The number of rotatable bonds is 5. The Morgan fingerprint density at radius 1 is 1.52 bits per heavy atom. The van der Waals surface area contributed by atoms with Gasteiger partial charge < -0.3 is 5.32 Å². The summed E-state index contributed by atoms with van der Waals surface area (Å²) in [5, 5.41) is 13.2. The van der Waals surface area contributed by atoms with Crippen molar-refractivity contribution in [1.29, 1.82) is 0 Å². The van der Waals surface area contributed by atoms with Gasteiger partial charge in [-0.2, -0.15) is 0 Å². The van der Waals surface area contributed by atoms with Crippen LogP contribution < -0.4 is 5.32 Å². The third-order valence-corrected chi connectivity index (χ3v) is 3.60. The number of nitro groups is 1. The van der Waals surface area contributed by atoms with E-state index < -0.39 is 29.3 Å². The van der Waals surface area contributed by atoms with Crippen LogP contribution in [0.3, 0.4) is 0 Å². The van der Waals surface area contributed by atoms with E-state index in [1.165, 1.54) is 29.2 Å². The Bertz CT molecular complexity index is 553. The summed E-state index contributed by atoms with van der Waals surface area (Å²) in [6.07, 6.45) is -2.11. The van der Waals surface area contributed by atoms with E-state index in [9.17, 15) is 23.7 Å². The van der Waals surface area contributed by atoms with Crippen molar-refractivity contribution in [2.24, 2.45) is 0 Å². The van der Waals surface area contributed by atoms with Crippen LogP contribution >= 0.6 is 0 Å². The summed E-state index contributed by atoms with van der Waals surface area (Å²) in [4.78, 5) is 23.5. The van der Waals surface area contributed by atoms with E-state index in [2.05, 4.69) is 5.32 Å². The SMILES string of the molecule is CC(C(=O)Nc1cccc([N+](=O)[O-])c1)N1CCC1C(F)F. The highest BCUT2D eigenvalue weighted by Gasteiger charge is 2.40. The molecule has 6 nitrogen and oxygen atoms in total. The van der Waals surface area contributed by atoms with Crippen molar-refractivity contribution in [2.75, 3.05) is 11.9 Å². The second kappa shape index (κ2) is 6.13. The maximum Gasteiger partial charge on any atom is 0.271 e. The monoisotopic (exact) mass is 299 g/mol. The van der Waals surface area contributed by atoms with Crippen LogP contribution in [0.15, 0.2) is 24.3 Å². The normalized spacial score (nSPS) is 19.9. The Labute approximate surface area is 119 Å². The number of non-ortho nitro benzene ring substituents is 1. The summed E-state index contributed by atoms with van der Waals surface area (Å²) >= 11 is 0. The molecular weight excluding hydrogens is 284 g/mol. The Kier molecular flexibility index (Phi) is 4.46. The molecule has 1 saturated heterocycles. The van der Waals surface area contributed by atoms with E-state index in [1.54, 1.807) is 6.92 Å². The Morgan fingerprint density at radius 3 is 2.76 bits per heavy atom. The van der Waals surface area contributed by atoms with Crippen LogP contribution in [0.4, 0.5) is 20.2 Å². The zero-order valence-corrected chi connectivity index (χ0v) is 11.3. The molecule has 1 N–H and O–H groups in total. The van der Waals surface area contributed by atoms with Crippen molar-refractivity contribution in [3.8, 4) is 0 Å². The predicted octanol–water partition coefficient (Wildman–Crippen LogP) is 2.26. The lowest BCUT2D eigenvalue weighted by Crippen LogP contribution is -2.58. The number of carbonyl (C=O) groups excluding carboxylic acids is 1.